The Labute approximate surface area is 122 Å². The molecule has 0 amide bonds. The van der Waals surface area contributed by atoms with Crippen molar-refractivity contribution in [3.63, 3.8) is 0 Å². The van der Waals surface area contributed by atoms with Gasteiger partial charge in [0.15, 0.2) is 0 Å². The molecule has 1 fully saturated rings. The van der Waals surface area contributed by atoms with Crippen molar-refractivity contribution in [1.82, 2.24) is 4.72 Å². The Morgan fingerprint density at radius 3 is 2.52 bits per heavy atom. The molecule has 2 aromatic rings. The van der Waals surface area contributed by atoms with E-state index in [0.717, 1.165) is 24.1 Å². The number of nitrogen functional groups attached to an aromatic ring is 1. The van der Waals surface area contributed by atoms with Gasteiger partial charge in [-0.05, 0) is 30.2 Å². The number of anilines is 1. The third-order valence-electron chi connectivity index (χ3n) is 3.60. The van der Waals surface area contributed by atoms with Crippen molar-refractivity contribution < 1.29 is 12.8 Å². The summed E-state index contributed by atoms with van der Waals surface area (Å²) in [5.74, 6) is -0.429. The fourth-order valence-corrected chi connectivity index (χ4v) is 3.67. The van der Waals surface area contributed by atoms with E-state index in [1.54, 1.807) is 0 Å². The normalized spacial score (nSPS) is 21.2. The lowest BCUT2D eigenvalue weighted by Gasteiger charge is -2.07. The maximum Gasteiger partial charge on any atom is 0.240 e. The van der Waals surface area contributed by atoms with Crippen LogP contribution < -0.4 is 10.5 Å². The molecule has 0 heterocycles. The second-order valence-corrected chi connectivity index (χ2v) is 6.88. The molecule has 1 saturated carbocycles. The highest BCUT2D eigenvalue weighted by molar-refractivity contribution is 7.89. The minimum Gasteiger partial charge on any atom is -0.396 e. The van der Waals surface area contributed by atoms with Crippen molar-refractivity contribution in [2.45, 2.75) is 23.3 Å². The smallest absolute Gasteiger partial charge is 0.240 e. The molecule has 3 rings (SSSR count). The van der Waals surface area contributed by atoms with Crippen LogP contribution in [0.4, 0.5) is 10.1 Å². The van der Waals surface area contributed by atoms with Crippen LogP contribution in [0.3, 0.4) is 0 Å². The van der Waals surface area contributed by atoms with Gasteiger partial charge in [-0.15, -0.1) is 0 Å². The summed E-state index contributed by atoms with van der Waals surface area (Å²) in [5, 5.41) is 0. The minimum absolute atomic E-state index is 0.0138. The monoisotopic (exact) mass is 306 g/mol. The van der Waals surface area contributed by atoms with Crippen molar-refractivity contribution in [2.24, 2.45) is 0 Å². The quantitative estimate of drug-likeness (QED) is 0.851. The van der Waals surface area contributed by atoms with E-state index in [1.165, 1.54) is 6.07 Å². The molecular formula is C15H15FN2O2S. The Hall–Kier alpha value is -1.92. The van der Waals surface area contributed by atoms with E-state index in [4.69, 9.17) is 5.73 Å². The maximum absolute atomic E-state index is 13.1. The van der Waals surface area contributed by atoms with Gasteiger partial charge < -0.3 is 5.73 Å². The molecule has 2 aromatic carbocycles. The van der Waals surface area contributed by atoms with E-state index in [0.29, 0.717) is 0 Å². The Bertz CT molecular complexity index is 762. The van der Waals surface area contributed by atoms with E-state index in [1.807, 2.05) is 30.3 Å². The van der Waals surface area contributed by atoms with Crippen LogP contribution >= 0.6 is 0 Å². The van der Waals surface area contributed by atoms with E-state index >= 15 is 0 Å². The number of hydrogen-bond acceptors (Lipinski definition) is 3. The number of nitrogens with one attached hydrogen (secondary N) is 1. The van der Waals surface area contributed by atoms with Crippen LogP contribution in [-0.4, -0.2) is 14.5 Å². The summed E-state index contributed by atoms with van der Waals surface area (Å²) in [7, 11) is -3.67. The molecule has 2 atom stereocenters. The topological polar surface area (TPSA) is 72.2 Å². The number of benzene rings is 2. The number of rotatable bonds is 4. The number of halogens is 1. The molecule has 0 aromatic heterocycles. The summed E-state index contributed by atoms with van der Waals surface area (Å²) in [6.45, 7) is 0. The predicted octanol–water partition coefficient (Wildman–Crippen LogP) is 2.24. The first kappa shape index (κ1) is 14.0. The van der Waals surface area contributed by atoms with Gasteiger partial charge in [0.25, 0.3) is 0 Å². The summed E-state index contributed by atoms with van der Waals surface area (Å²) in [4.78, 5) is -0.0138. The fraction of sp³-hybridized carbons (Fsp3) is 0.200. The van der Waals surface area contributed by atoms with Gasteiger partial charge in [-0.2, -0.15) is 0 Å². The van der Waals surface area contributed by atoms with Crippen LogP contribution in [0.5, 0.6) is 0 Å². The second-order valence-electron chi connectivity index (χ2n) is 5.16. The van der Waals surface area contributed by atoms with Crippen molar-refractivity contribution in [3.05, 3.63) is 59.9 Å². The van der Waals surface area contributed by atoms with Gasteiger partial charge in [-0.25, -0.2) is 17.5 Å². The molecule has 21 heavy (non-hydrogen) atoms. The zero-order chi connectivity index (χ0) is 15.0. The molecule has 4 nitrogen and oxygen atoms in total. The molecule has 0 radical (unpaired) electrons. The molecule has 1 aliphatic rings. The molecule has 0 bridgehead atoms. The van der Waals surface area contributed by atoms with E-state index in [2.05, 4.69) is 4.72 Å². The van der Waals surface area contributed by atoms with Gasteiger partial charge in [0.05, 0.1) is 10.6 Å². The average Bonchev–Trinajstić information content (AvgIpc) is 3.21. The van der Waals surface area contributed by atoms with Crippen LogP contribution in [0.15, 0.2) is 53.4 Å². The van der Waals surface area contributed by atoms with Gasteiger partial charge in [0.1, 0.15) is 5.82 Å². The minimum atomic E-state index is -3.67. The van der Waals surface area contributed by atoms with Crippen molar-refractivity contribution >= 4 is 15.7 Å². The lowest BCUT2D eigenvalue weighted by Crippen LogP contribution is -2.27. The van der Waals surface area contributed by atoms with Crippen LogP contribution in [0.1, 0.15) is 17.9 Å². The summed E-state index contributed by atoms with van der Waals surface area (Å²) in [5.41, 5.74) is 6.36. The molecule has 0 aliphatic heterocycles. The molecule has 110 valence electrons. The van der Waals surface area contributed by atoms with Gasteiger partial charge in [-0.3, -0.25) is 0 Å². The Morgan fingerprint density at radius 1 is 1.14 bits per heavy atom. The summed E-state index contributed by atoms with van der Waals surface area (Å²) in [6.07, 6.45) is 0.764. The standard InChI is InChI=1S/C15H15FN2O2S/c16-13-7-6-11(8-14(13)17)21(19,20)18-15-9-12(15)10-4-2-1-3-5-10/h1-8,12,15,18H,9,17H2. The van der Waals surface area contributed by atoms with Crippen LogP contribution in [0.2, 0.25) is 0 Å². The molecule has 6 heteroatoms. The highest BCUT2D eigenvalue weighted by atomic mass is 32.2. The zero-order valence-corrected chi connectivity index (χ0v) is 12.0. The first-order valence-electron chi connectivity index (χ1n) is 6.60. The second kappa shape index (κ2) is 5.13. The van der Waals surface area contributed by atoms with Crippen LogP contribution in [0, 0.1) is 5.82 Å². The Kier molecular flexibility index (Phi) is 3.43. The van der Waals surface area contributed by atoms with Crippen LogP contribution in [0.25, 0.3) is 0 Å². The fourth-order valence-electron chi connectivity index (χ4n) is 2.35. The first-order valence-corrected chi connectivity index (χ1v) is 8.08. The van der Waals surface area contributed by atoms with Gasteiger partial charge in [0, 0.05) is 12.0 Å². The average molecular weight is 306 g/mol. The number of hydrogen-bond donors (Lipinski definition) is 2. The van der Waals surface area contributed by atoms with Gasteiger partial charge >= 0.3 is 0 Å². The third-order valence-corrected chi connectivity index (χ3v) is 5.09. The van der Waals surface area contributed by atoms with Gasteiger partial charge in [0.2, 0.25) is 10.0 Å². The van der Waals surface area contributed by atoms with Crippen molar-refractivity contribution in [1.29, 1.82) is 0 Å². The van der Waals surface area contributed by atoms with E-state index < -0.39 is 15.8 Å². The summed E-state index contributed by atoms with van der Waals surface area (Å²) in [6, 6.07) is 13.0. The number of sulfonamides is 1. The third kappa shape index (κ3) is 2.91. The van der Waals surface area contributed by atoms with Crippen LogP contribution in [-0.2, 0) is 10.0 Å². The molecule has 2 unspecified atom stereocenters. The van der Waals surface area contributed by atoms with E-state index in [-0.39, 0.29) is 22.5 Å². The van der Waals surface area contributed by atoms with E-state index in [9.17, 15) is 12.8 Å². The lowest BCUT2D eigenvalue weighted by atomic mass is 10.1. The molecule has 0 saturated heterocycles. The highest BCUT2D eigenvalue weighted by Crippen LogP contribution is 2.41. The lowest BCUT2D eigenvalue weighted by molar-refractivity contribution is 0.579. The summed E-state index contributed by atoms with van der Waals surface area (Å²) >= 11 is 0. The predicted molar refractivity (Wildman–Crippen MR) is 78.7 cm³/mol. The highest BCUT2D eigenvalue weighted by Gasteiger charge is 2.41. The molecular weight excluding hydrogens is 291 g/mol. The largest absolute Gasteiger partial charge is 0.396 e. The summed E-state index contributed by atoms with van der Waals surface area (Å²) < 4.78 is 40.2. The number of nitrogens with two attached hydrogens (primary N) is 1. The maximum atomic E-state index is 13.1. The van der Waals surface area contributed by atoms with Gasteiger partial charge in [-0.1, -0.05) is 30.3 Å². The zero-order valence-electron chi connectivity index (χ0n) is 11.2. The molecule has 0 spiro atoms. The first-order chi connectivity index (χ1) is 9.97. The SMILES string of the molecule is Nc1cc(S(=O)(=O)NC2CC2c2ccccc2)ccc1F. The molecule has 3 N–H and O–H groups in total. The molecule has 1 aliphatic carbocycles. The Morgan fingerprint density at radius 2 is 1.86 bits per heavy atom. The van der Waals surface area contributed by atoms with Crippen molar-refractivity contribution in [2.75, 3.05) is 5.73 Å². The van der Waals surface area contributed by atoms with Crippen molar-refractivity contribution in [3.8, 4) is 0 Å². The Balaban J connectivity index is 1.75.